The van der Waals surface area contributed by atoms with Gasteiger partial charge in [-0.2, -0.15) is 0 Å². The lowest BCUT2D eigenvalue weighted by Crippen LogP contribution is -1.95. The first-order valence-corrected chi connectivity index (χ1v) is 6.83. The summed E-state index contributed by atoms with van der Waals surface area (Å²) in [4.78, 5) is 10.9. The van der Waals surface area contributed by atoms with Crippen LogP contribution in [0.25, 0.3) is 16.8 Å². The molecule has 0 atom stereocenters. The fourth-order valence-electron chi connectivity index (χ4n) is 2.38. The van der Waals surface area contributed by atoms with E-state index < -0.39 is 5.97 Å². The largest absolute Gasteiger partial charge is 0.478 e. The van der Waals surface area contributed by atoms with Crippen LogP contribution in [0.2, 0.25) is 0 Å². The standard InChI is InChI=1S/C18H14FNO2/c1-12-2-7-16(19)10-17(12)20-9-8-15(11-20)13-3-5-14(6-4-13)18(21)22/h2-11H,1H3,(H,21,22). The lowest BCUT2D eigenvalue weighted by atomic mass is 10.1. The van der Waals surface area contributed by atoms with Crippen molar-refractivity contribution >= 4 is 5.97 Å². The number of rotatable bonds is 3. The van der Waals surface area contributed by atoms with Crippen LogP contribution >= 0.6 is 0 Å². The van der Waals surface area contributed by atoms with Crippen LogP contribution in [0, 0.1) is 12.7 Å². The lowest BCUT2D eigenvalue weighted by molar-refractivity contribution is 0.0697. The van der Waals surface area contributed by atoms with Crippen molar-refractivity contribution in [3.8, 4) is 16.8 Å². The van der Waals surface area contributed by atoms with Crippen LogP contribution in [0.5, 0.6) is 0 Å². The number of aromatic carboxylic acids is 1. The fraction of sp³-hybridized carbons (Fsp3) is 0.0556. The van der Waals surface area contributed by atoms with Crippen molar-refractivity contribution in [3.05, 3.63) is 77.9 Å². The first-order valence-electron chi connectivity index (χ1n) is 6.83. The SMILES string of the molecule is Cc1ccc(F)cc1-n1ccc(-c2ccc(C(=O)O)cc2)c1. The van der Waals surface area contributed by atoms with Gasteiger partial charge < -0.3 is 9.67 Å². The topological polar surface area (TPSA) is 42.2 Å². The molecule has 3 nitrogen and oxygen atoms in total. The molecule has 0 aliphatic heterocycles. The summed E-state index contributed by atoms with van der Waals surface area (Å²) in [6.07, 6.45) is 3.76. The number of aryl methyl sites for hydroxylation is 1. The molecule has 0 bridgehead atoms. The predicted octanol–water partition coefficient (Wildman–Crippen LogP) is 4.29. The van der Waals surface area contributed by atoms with Crippen LogP contribution in [0.3, 0.4) is 0 Å². The normalized spacial score (nSPS) is 10.6. The van der Waals surface area contributed by atoms with E-state index in [1.807, 2.05) is 30.0 Å². The average molecular weight is 295 g/mol. The molecule has 2 aromatic carbocycles. The third-order valence-electron chi connectivity index (χ3n) is 3.61. The van der Waals surface area contributed by atoms with Gasteiger partial charge in [0.1, 0.15) is 5.82 Å². The molecule has 0 aliphatic carbocycles. The molecule has 1 N–H and O–H groups in total. The summed E-state index contributed by atoms with van der Waals surface area (Å²) in [6.45, 7) is 1.93. The Morgan fingerprint density at radius 1 is 1.05 bits per heavy atom. The molecule has 3 aromatic rings. The Labute approximate surface area is 127 Å². The summed E-state index contributed by atoms with van der Waals surface area (Å²) in [7, 11) is 0. The molecule has 0 amide bonds. The number of carboxylic acid groups (broad SMARTS) is 1. The number of benzene rings is 2. The maximum absolute atomic E-state index is 13.4. The van der Waals surface area contributed by atoms with E-state index in [2.05, 4.69) is 0 Å². The highest BCUT2D eigenvalue weighted by molar-refractivity contribution is 5.88. The third-order valence-corrected chi connectivity index (χ3v) is 3.61. The van der Waals surface area contributed by atoms with Crippen LogP contribution in [-0.2, 0) is 0 Å². The van der Waals surface area contributed by atoms with Crippen LogP contribution in [0.15, 0.2) is 60.9 Å². The minimum absolute atomic E-state index is 0.254. The van der Waals surface area contributed by atoms with Crippen molar-refractivity contribution in [2.45, 2.75) is 6.92 Å². The molecule has 0 saturated heterocycles. The Balaban J connectivity index is 1.96. The van der Waals surface area contributed by atoms with E-state index in [-0.39, 0.29) is 11.4 Å². The van der Waals surface area contributed by atoms with Crippen molar-refractivity contribution in [2.75, 3.05) is 0 Å². The maximum atomic E-state index is 13.4. The summed E-state index contributed by atoms with van der Waals surface area (Å²) < 4.78 is 15.3. The van der Waals surface area contributed by atoms with Gasteiger partial charge in [0.2, 0.25) is 0 Å². The highest BCUT2D eigenvalue weighted by Crippen LogP contribution is 2.24. The van der Waals surface area contributed by atoms with Gasteiger partial charge in [-0.25, -0.2) is 9.18 Å². The van der Waals surface area contributed by atoms with E-state index >= 15 is 0 Å². The molecule has 1 heterocycles. The highest BCUT2D eigenvalue weighted by Gasteiger charge is 2.07. The lowest BCUT2D eigenvalue weighted by Gasteiger charge is -2.07. The van der Waals surface area contributed by atoms with Crippen molar-refractivity contribution < 1.29 is 14.3 Å². The van der Waals surface area contributed by atoms with E-state index in [1.54, 1.807) is 30.3 Å². The predicted molar refractivity (Wildman–Crippen MR) is 82.9 cm³/mol. The number of halogens is 1. The van der Waals surface area contributed by atoms with Gasteiger partial charge in [-0.1, -0.05) is 18.2 Å². The van der Waals surface area contributed by atoms with E-state index in [9.17, 15) is 9.18 Å². The number of carbonyl (C=O) groups is 1. The van der Waals surface area contributed by atoms with Crippen LogP contribution < -0.4 is 0 Å². The Morgan fingerprint density at radius 2 is 1.77 bits per heavy atom. The molecule has 110 valence electrons. The number of nitrogens with zero attached hydrogens (tertiary/aromatic N) is 1. The quantitative estimate of drug-likeness (QED) is 0.783. The Morgan fingerprint density at radius 3 is 2.45 bits per heavy atom. The third kappa shape index (κ3) is 2.63. The number of hydrogen-bond acceptors (Lipinski definition) is 1. The smallest absolute Gasteiger partial charge is 0.335 e. The average Bonchev–Trinajstić information content (AvgIpc) is 2.99. The van der Waals surface area contributed by atoms with Gasteiger partial charge in [0.15, 0.2) is 0 Å². The molecule has 0 saturated carbocycles. The monoisotopic (exact) mass is 295 g/mol. The molecule has 22 heavy (non-hydrogen) atoms. The molecule has 0 radical (unpaired) electrons. The van der Waals surface area contributed by atoms with Crippen LogP contribution in [0.4, 0.5) is 4.39 Å². The molecular weight excluding hydrogens is 281 g/mol. The van der Waals surface area contributed by atoms with Crippen molar-refractivity contribution in [1.29, 1.82) is 0 Å². The van der Waals surface area contributed by atoms with Gasteiger partial charge in [0.05, 0.1) is 11.3 Å². The zero-order valence-corrected chi connectivity index (χ0v) is 12.0. The summed E-state index contributed by atoms with van der Waals surface area (Å²) in [5, 5.41) is 8.92. The molecular formula is C18H14FNO2. The maximum Gasteiger partial charge on any atom is 0.335 e. The fourth-order valence-corrected chi connectivity index (χ4v) is 2.38. The molecule has 1 aromatic heterocycles. The van der Waals surface area contributed by atoms with Gasteiger partial charge in [0, 0.05) is 12.4 Å². The zero-order valence-electron chi connectivity index (χ0n) is 12.0. The first kappa shape index (κ1) is 14.1. The summed E-state index contributed by atoms with van der Waals surface area (Å²) >= 11 is 0. The van der Waals surface area contributed by atoms with Crippen molar-refractivity contribution in [2.24, 2.45) is 0 Å². The number of aromatic nitrogens is 1. The summed E-state index contributed by atoms with van der Waals surface area (Å²) in [5.41, 5.74) is 3.88. The molecule has 0 fully saturated rings. The summed E-state index contributed by atoms with van der Waals surface area (Å²) in [6, 6.07) is 13.3. The molecule has 0 spiro atoms. The Kier molecular flexibility index (Phi) is 3.51. The Hall–Kier alpha value is -2.88. The Bertz CT molecular complexity index is 835. The second-order valence-electron chi connectivity index (χ2n) is 5.12. The van der Waals surface area contributed by atoms with Crippen molar-refractivity contribution in [3.63, 3.8) is 0 Å². The van der Waals surface area contributed by atoms with Gasteiger partial charge >= 0.3 is 5.97 Å². The van der Waals surface area contributed by atoms with E-state index in [1.165, 1.54) is 12.1 Å². The molecule has 4 heteroatoms. The highest BCUT2D eigenvalue weighted by atomic mass is 19.1. The number of hydrogen-bond donors (Lipinski definition) is 1. The second-order valence-corrected chi connectivity index (χ2v) is 5.12. The van der Waals surface area contributed by atoms with E-state index in [0.717, 1.165) is 22.4 Å². The first-order chi connectivity index (χ1) is 10.5. The molecule has 0 aliphatic rings. The van der Waals surface area contributed by atoms with E-state index in [0.29, 0.717) is 0 Å². The van der Waals surface area contributed by atoms with E-state index in [4.69, 9.17) is 5.11 Å². The number of carboxylic acids is 1. The van der Waals surface area contributed by atoms with Crippen LogP contribution in [0.1, 0.15) is 15.9 Å². The molecule has 0 unspecified atom stereocenters. The molecule has 3 rings (SSSR count). The zero-order chi connectivity index (χ0) is 15.7. The minimum Gasteiger partial charge on any atom is -0.478 e. The van der Waals surface area contributed by atoms with Gasteiger partial charge in [-0.05, 0) is 53.9 Å². The van der Waals surface area contributed by atoms with Gasteiger partial charge in [-0.15, -0.1) is 0 Å². The van der Waals surface area contributed by atoms with Gasteiger partial charge in [0.25, 0.3) is 0 Å². The second kappa shape index (κ2) is 5.48. The van der Waals surface area contributed by atoms with Gasteiger partial charge in [-0.3, -0.25) is 0 Å². The summed E-state index contributed by atoms with van der Waals surface area (Å²) in [5.74, 6) is -1.22. The van der Waals surface area contributed by atoms with Crippen molar-refractivity contribution in [1.82, 2.24) is 4.57 Å². The minimum atomic E-state index is -0.945. The van der Waals surface area contributed by atoms with Crippen LogP contribution in [-0.4, -0.2) is 15.6 Å².